The maximum Gasteiger partial charge on any atom is 0.258 e. The van der Waals surface area contributed by atoms with E-state index in [1.54, 1.807) is 14.0 Å². The number of pyridine rings is 1. The van der Waals surface area contributed by atoms with Gasteiger partial charge in [-0.15, -0.1) is 0 Å². The topological polar surface area (TPSA) is 54.8 Å². The molecule has 6 heteroatoms. The highest BCUT2D eigenvalue weighted by Crippen LogP contribution is 2.37. The molecule has 0 saturated carbocycles. The van der Waals surface area contributed by atoms with Gasteiger partial charge in [-0.05, 0) is 55.0 Å². The van der Waals surface area contributed by atoms with Gasteiger partial charge in [-0.2, -0.15) is 0 Å². The Morgan fingerprint density at radius 1 is 1.00 bits per heavy atom. The second-order valence-corrected chi connectivity index (χ2v) is 9.31. The van der Waals surface area contributed by atoms with Crippen molar-refractivity contribution in [3.63, 3.8) is 0 Å². The van der Waals surface area contributed by atoms with Crippen molar-refractivity contribution in [2.24, 2.45) is 5.92 Å². The fraction of sp³-hybridized carbons (Fsp3) is 0.520. The first kappa shape index (κ1) is 20.3. The molecule has 3 aliphatic heterocycles. The van der Waals surface area contributed by atoms with Gasteiger partial charge in [0.05, 0.1) is 7.11 Å². The lowest BCUT2D eigenvalue weighted by Gasteiger charge is -2.47. The summed E-state index contributed by atoms with van der Waals surface area (Å²) < 4.78 is 7.28. The van der Waals surface area contributed by atoms with Crippen LogP contribution in [-0.2, 0) is 11.3 Å². The number of carbonyl (C=O) groups is 1. The quantitative estimate of drug-likeness (QED) is 0.765. The number of hydrogen-bond donors (Lipinski definition) is 0. The minimum atomic E-state index is 0.126. The summed E-state index contributed by atoms with van der Waals surface area (Å²) in [6.07, 6.45) is 3.29. The van der Waals surface area contributed by atoms with E-state index < -0.39 is 0 Å². The number of rotatable bonds is 3. The average molecular weight is 422 g/mol. The van der Waals surface area contributed by atoms with Gasteiger partial charge in [-0.1, -0.05) is 12.1 Å². The highest BCUT2D eigenvalue weighted by Gasteiger charge is 2.38. The Kier molecular flexibility index (Phi) is 5.34. The lowest BCUT2D eigenvalue weighted by atomic mass is 9.81. The van der Waals surface area contributed by atoms with Crippen LogP contribution in [0.15, 0.2) is 41.2 Å². The van der Waals surface area contributed by atoms with E-state index in [2.05, 4.69) is 11.0 Å². The monoisotopic (exact) mass is 421 g/mol. The number of hydrogen-bond acceptors (Lipinski definition) is 4. The zero-order valence-electron chi connectivity index (χ0n) is 18.4. The van der Waals surface area contributed by atoms with Crippen molar-refractivity contribution in [3.05, 3.63) is 52.4 Å². The van der Waals surface area contributed by atoms with Crippen LogP contribution in [0.25, 0.3) is 11.1 Å². The van der Waals surface area contributed by atoms with Gasteiger partial charge in [0, 0.05) is 62.9 Å². The first-order valence-corrected chi connectivity index (χ1v) is 11.4. The van der Waals surface area contributed by atoms with Crippen molar-refractivity contribution in [2.45, 2.75) is 44.7 Å². The Morgan fingerprint density at radius 2 is 1.74 bits per heavy atom. The first-order chi connectivity index (χ1) is 15.0. The number of carbonyl (C=O) groups excluding carboxylic acids is 1. The predicted octanol–water partition coefficient (Wildman–Crippen LogP) is 2.95. The van der Waals surface area contributed by atoms with Gasteiger partial charge in [0.1, 0.15) is 5.75 Å². The van der Waals surface area contributed by atoms with Crippen LogP contribution in [0.1, 0.15) is 37.8 Å². The summed E-state index contributed by atoms with van der Waals surface area (Å²) in [5, 5.41) is 0. The van der Waals surface area contributed by atoms with E-state index in [4.69, 9.17) is 4.74 Å². The van der Waals surface area contributed by atoms with Crippen molar-refractivity contribution in [3.8, 4) is 16.9 Å². The molecule has 0 spiro atoms. The Morgan fingerprint density at radius 3 is 2.42 bits per heavy atom. The van der Waals surface area contributed by atoms with Crippen LogP contribution >= 0.6 is 0 Å². The maximum atomic E-state index is 13.4. The third-order valence-corrected chi connectivity index (χ3v) is 7.46. The summed E-state index contributed by atoms with van der Waals surface area (Å²) >= 11 is 0. The smallest absolute Gasteiger partial charge is 0.258 e. The van der Waals surface area contributed by atoms with Gasteiger partial charge in [-0.25, -0.2) is 0 Å². The molecule has 0 aliphatic carbocycles. The first-order valence-electron chi connectivity index (χ1n) is 11.4. The Hall–Kier alpha value is -2.60. The normalized spacial score (nSPS) is 24.0. The molecule has 0 radical (unpaired) electrons. The van der Waals surface area contributed by atoms with E-state index in [0.29, 0.717) is 17.9 Å². The van der Waals surface area contributed by atoms with Crippen LogP contribution in [0.4, 0.5) is 0 Å². The molecule has 5 rings (SSSR count). The highest BCUT2D eigenvalue weighted by atomic mass is 16.5. The van der Waals surface area contributed by atoms with E-state index in [9.17, 15) is 9.59 Å². The zero-order chi connectivity index (χ0) is 21.5. The van der Waals surface area contributed by atoms with Crippen LogP contribution < -0.4 is 10.3 Å². The number of likely N-dealkylation sites (tertiary alicyclic amines) is 2. The summed E-state index contributed by atoms with van der Waals surface area (Å²) in [5.74, 6) is 1.91. The lowest BCUT2D eigenvalue weighted by molar-refractivity contribution is -0.130. The molecule has 1 aromatic carbocycles. The van der Waals surface area contributed by atoms with E-state index in [-0.39, 0.29) is 11.5 Å². The number of fused-ring (bicyclic) bond motifs is 4. The van der Waals surface area contributed by atoms with Crippen LogP contribution in [0, 0.1) is 5.92 Å². The minimum Gasteiger partial charge on any atom is -0.497 e. The summed E-state index contributed by atoms with van der Waals surface area (Å²) in [6, 6.07) is 12.5. The van der Waals surface area contributed by atoms with Crippen LogP contribution in [0.3, 0.4) is 0 Å². The van der Waals surface area contributed by atoms with Crippen molar-refractivity contribution in [1.29, 1.82) is 0 Å². The van der Waals surface area contributed by atoms with Gasteiger partial charge in [0.25, 0.3) is 5.56 Å². The van der Waals surface area contributed by atoms with E-state index >= 15 is 0 Å². The summed E-state index contributed by atoms with van der Waals surface area (Å²) in [7, 11) is 1.65. The summed E-state index contributed by atoms with van der Waals surface area (Å²) in [4.78, 5) is 29.6. The number of piperidine rings is 2. The molecule has 2 saturated heterocycles. The molecule has 2 aromatic rings. The molecule has 6 nitrogen and oxygen atoms in total. The molecule has 0 N–H and O–H groups in total. The molecule has 164 valence electrons. The fourth-order valence-electron chi connectivity index (χ4n) is 5.82. The van der Waals surface area contributed by atoms with Crippen LogP contribution in [-0.4, -0.2) is 59.6 Å². The molecule has 1 amide bonds. The van der Waals surface area contributed by atoms with Gasteiger partial charge in [-0.3, -0.25) is 14.5 Å². The Bertz CT molecular complexity index is 1020. The minimum absolute atomic E-state index is 0.126. The molecule has 2 unspecified atom stereocenters. The summed E-state index contributed by atoms with van der Waals surface area (Å²) in [6.45, 7) is 6.28. The molecule has 4 heterocycles. The standard InChI is InChI=1S/C25H31N3O3/c1-17(29)26-11-9-21(10-12-26)27-14-18-13-20(16-27)24-8-7-23(25(30)28(24)15-18)19-3-5-22(31-2)6-4-19/h3-8,18,20-21H,9-16H2,1-2H3. The average Bonchev–Trinajstić information content (AvgIpc) is 2.80. The Balaban J connectivity index is 1.36. The zero-order valence-corrected chi connectivity index (χ0v) is 18.4. The highest BCUT2D eigenvalue weighted by molar-refractivity contribution is 5.73. The van der Waals surface area contributed by atoms with Gasteiger partial charge >= 0.3 is 0 Å². The van der Waals surface area contributed by atoms with E-state index in [0.717, 1.165) is 62.4 Å². The Labute approximate surface area is 183 Å². The number of methoxy groups -OCH3 is 1. The van der Waals surface area contributed by atoms with Crippen LogP contribution in [0.2, 0.25) is 0 Å². The second kappa shape index (κ2) is 8.15. The fourth-order valence-corrected chi connectivity index (χ4v) is 5.82. The lowest BCUT2D eigenvalue weighted by Crippen LogP contribution is -2.53. The maximum absolute atomic E-state index is 13.4. The number of ether oxygens (including phenoxy) is 1. The predicted molar refractivity (Wildman–Crippen MR) is 120 cm³/mol. The second-order valence-electron chi connectivity index (χ2n) is 9.31. The van der Waals surface area contributed by atoms with Crippen molar-refractivity contribution < 1.29 is 9.53 Å². The van der Waals surface area contributed by atoms with Crippen molar-refractivity contribution in [1.82, 2.24) is 14.4 Å². The van der Waals surface area contributed by atoms with Gasteiger partial charge in [0.2, 0.25) is 5.91 Å². The molecular formula is C25H31N3O3. The summed E-state index contributed by atoms with van der Waals surface area (Å²) in [5.41, 5.74) is 3.01. The molecule has 2 bridgehead atoms. The largest absolute Gasteiger partial charge is 0.497 e. The van der Waals surface area contributed by atoms with Crippen LogP contribution in [0.5, 0.6) is 5.75 Å². The SMILES string of the molecule is COc1ccc(-c2ccc3n(c2=O)CC2CC3CN(C3CCN(C(C)=O)CC3)C2)cc1. The molecular weight excluding hydrogens is 390 g/mol. The third-order valence-electron chi connectivity index (χ3n) is 7.46. The van der Waals surface area contributed by atoms with Crippen molar-refractivity contribution >= 4 is 5.91 Å². The van der Waals surface area contributed by atoms with E-state index in [1.165, 1.54) is 12.1 Å². The molecule has 2 atom stereocenters. The molecule has 31 heavy (non-hydrogen) atoms. The molecule has 1 aromatic heterocycles. The number of aromatic nitrogens is 1. The van der Waals surface area contributed by atoms with Gasteiger partial charge in [0.15, 0.2) is 0 Å². The van der Waals surface area contributed by atoms with Gasteiger partial charge < -0.3 is 14.2 Å². The molecule has 2 fully saturated rings. The third kappa shape index (κ3) is 3.78. The van der Waals surface area contributed by atoms with Crippen molar-refractivity contribution in [2.75, 3.05) is 33.3 Å². The van der Waals surface area contributed by atoms with E-state index in [1.807, 2.05) is 39.8 Å². The number of amides is 1. The number of benzene rings is 1. The molecule has 3 aliphatic rings. The number of nitrogens with zero attached hydrogens (tertiary/aromatic N) is 3.